The second-order valence-electron chi connectivity index (χ2n) is 6.36. The lowest BCUT2D eigenvalue weighted by Crippen LogP contribution is -2.39. The SMILES string of the molecule is Cc1c(Cl)cccc1S(=O)(=O)Oc1ccc2c(c1)C1CCNCC1O2. The van der Waals surface area contributed by atoms with E-state index in [4.69, 9.17) is 20.5 Å². The molecule has 1 saturated heterocycles. The summed E-state index contributed by atoms with van der Waals surface area (Å²) in [7, 11) is -3.95. The molecule has 5 nitrogen and oxygen atoms in total. The molecule has 1 N–H and O–H groups in total. The maximum Gasteiger partial charge on any atom is 0.339 e. The minimum Gasteiger partial charge on any atom is -0.488 e. The average molecular weight is 380 g/mol. The Morgan fingerprint density at radius 1 is 1.28 bits per heavy atom. The molecule has 1 fully saturated rings. The monoisotopic (exact) mass is 379 g/mol. The van der Waals surface area contributed by atoms with Gasteiger partial charge in [0.15, 0.2) is 0 Å². The van der Waals surface area contributed by atoms with E-state index < -0.39 is 10.1 Å². The Balaban J connectivity index is 1.65. The number of fused-ring (bicyclic) bond motifs is 3. The van der Waals surface area contributed by atoms with Crippen molar-refractivity contribution in [1.82, 2.24) is 5.32 Å². The molecule has 0 aliphatic carbocycles. The van der Waals surface area contributed by atoms with E-state index >= 15 is 0 Å². The van der Waals surface area contributed by atoms with Gasteiger partial charge >= 0.3 is 10.1 Å². The number of hydrogen-bond acceptors (Lipinski definition) is 5. The van der Waals surface area contributed by atoms with Crippen LogP contribution in [-0.4, -0.2) is 27.6 Å². The van der Waals surface area contributed by atoms with Crippen molar-refractivity contribution in [2.75, 3.05) is 13.1 Å². The predicted octanol–water partition coefficient (Wildman–Crippen LogP) is 3.25. The summed E-state index contributed by atoms with van der Waals surface area (Å²) in [4.78, 5) is 0.0801. The molecule has 0 radical (unpaired) electrons. The topological polar surface area (TPSA) is 64.6 Å². The zero-order valence-electron chi connectivity index (χ0n) is 13.7. The van der Waals surface area contributed by atoms with Gasteiger partial charge in [0.2, 0.25) is 0 Å². The Kier molecular flexibility index (Phi) is 4.14. The summed E-state index contributed by atoms with van der Waals surface area (Å²) in [6.07, 6.45) is 1.06. The van der Waals surface area contributed by atoms with Gasteiger partial charge in [0.1, 0.15) is 22.5 Å². The molecule has 0 aromatic heterocycles. The van der Waals surface area contributed by atoms with E-state index in [9.17, 15) is 8.42 Å². The van der Waals surface area contributed by atoms with E-state index in [0.717, 1.165) is 30.8 Å². The summed E-state index contributed by atoms with van der Waals surface area (Å²) in [6, 6.07) is 9.94. The minimum atomic E-state index is -3.95. The predicted molar refractivity (Wildman–Crippen MR) is 95.1 cm³/mol. The number of rotatable bonds is 3. The molecule has 0 amide bonds. The third kappa shape index (κ3) is 2.99. The van der Waals surface area contributed by atoms with Crippen molar-refractivity contribution in [3.63, 3.8) is 0 Å². The molecule has 4 rings (SSSR count). The Labute approximate surface area is 152 Å². The fourth-order valence-electron chi connectivity index (χ4n) is 3.48. The van der Waals surface area contributed by atoms with Crippen molar-refractivity contribution in [3.8, 4) is 11.5 Å². The van der Waals surface area contributed by atoms with Gasteiger partial charge in [0, 0.05) is 23.0 Å². The van der Waals surface area contributed by atoms with Crippen LogP contribution in [0.1, 0.15) is 23.5 Å². The second kappa shape index (κ2) is 6.20. The lowest BCUT2D eigenvalue weighted by Gasteiger charge is -2.24. The van der Waals surface area contributed by atoms with Gasteiger partial charge in [-0.2, -0.15) is 8.42 Å². The lowest BCUT2D eigenvalue weighted by molar-refractivity contribution is 0.177. The molecule has 2 atom stereocenters. The smallest absolute Gasteiger partial charge is 0.339 e. The molecule has 2 heterocycles. The zero-order chi connectivity index (χ0) is 17.6. The van der Waals surface area contributed by atoms with Crippen molar-refractivity contribution >= 4 is 21.7 Å². The summed E-state index contributed by atoms with van der Waals surface area (Å²) in [5.74, 6) is 1.37. The summed E-state index contributed by atoms with van der Waals surface area (Å²) in [5, 5.41) is 3.71. The van der Waals surface area contributed by atoms with Crippen LogP contribution in [0.2, 0.25) is 5.02 Å². The van der Waals surface area contributed by atoms with Crippen LogP contribution < -0.4 is 14.2 Å². The number of halogens is 1. The van der Waals surface area contributed by atoms with E-state index in [1.54, 1.807) is 37.3 Å². The van der Waals surface area contributed by atoms with E-state index in [2.05, 4.69) is 5.32 Å². The lowest BCUT2D eigenvalue weighted by atomic mass is 9.90. The molecular weight excluding hydrogens is 362 g/mol. The van der Waals surface area contributed by atoms with Crippen LogP contribution in [-0.2, 0) is 10.1 Å². The van der Waals surface area contributed by atoms with Gasteiger partial charge in [0.05, 0.1) is 0 Å². The Hall–Kier alpha value is -1.76. The third-order valence-corrected chi connectivity index (χ3v) is 6.58. The maximum atomic E-state index is 12.6. The molecule has 2 aromatic carbocycles. The van der Waals surface area contributed by atoms with E-state index in [1.165, 1.54) is 6.07 Å². The molecule has 0 bridgehead atoms. The fraction of sp³-hybridized carbons (Fsp3) is 0.333. The number of ether oxygens (including phenoxy) is 1. The molecule has 25 heavy (non-hydrogen) atoms. The highest BCUT2D eigenvalue weighted by Crippen LogP contribution is 2.43. The van der Waals surface area contributed by atoms with Crippen molar-refractivity contribution in [2.24, 2.45) is 0 Å². The molecule has 2 aliphatic heterocycles. The fourth-order valence-corrected chi connectivity index (χ4v) is 4.89. The highest BCUT2D eigenvalue weighted by molar-refractivity contribution is 7.87. The van der Waals surface area contributed by atoms with Crippen LogP contribution in [0.4, 0.5) is 0 Å². The quantitative estimate of drug-likeness (QED) is 0.829. The van der Waals surface area contributed by atoms with E-state index in [0.29, 0.717) is 16.3 Å². The van der Waals surface area contributed by atoms with E-state index in [1.807, 2.05) is 0 Å². The first-order valence-electron chi connectivity index (χ1n) is 8.16. The molecule has 7 heteroatoms. The van der Waals surface area contributed by atoms with Crippen LogP contribution in [0.5, 0.6) is 11.5 Å². The largest absolute Gasteiger partial charge is 0.488 e. The van der Waals surface area contributed by atoms with Crippen molar-refractivity contribution in [1.29, 1.82) is 0 Å². The molecule has 0 saturated carbocycles. The van der Waals surface area contributed by atoms with Gasteiger partial charge in [-0.25, -0.2) is 0 Å². The van der Waals surface area contributed by atoms with Crippen LogP contribution in [0, 0.1) is 6.92 Å². The summed E-state index contributed by atoms with van der Waals surface area (Å²) < 4.78 is 36.6. The first-order chi connectivity index (χ1) is 12.0. The molecule has 2 aromatic rings. The molecular formula is C18H18ClNO4S. The van der Waals surface area contributed by atoms with Crippen LogP contribution >= 0.6 is 11.6 Å². The van der Waals surface area contributed by atoms with Crippen LogP contribution in [0.25, 0.3) is 0 Å². The number of nitrogens with one attached hydrogen (secondary N) is 1. The first kappa shape index (κ1) is 16.7. The van der Waals surface area contributed by atoms with Gasteiger partial charge < -0.3 is 14.2 Å². The molecule has 2 unspecified atom stereocenters. The van der Waals surface area contributed by atoms with Crippen LogP contribution in [0.15, 0.2) is 41.3 Å². The van der Waals surface area contributed by atoms with Crippen LogP contribution in [0.3, 0.4) is 0 Å². The van der Waals surface area contributed by atoms with Crippen molar-refractivity contribution in [3.05, 3.63) is 52.5 Å². The third-order valence-electron chi connectivity index (χ3n) is 4.78. The average Bonchev–Trinajstić information content (AvgIpc) is 2.95. The summed E-state index contributed by atoms with van der Waals surface area (Å²) >= 11 is 6.03. The van der Waals surface area contributed by atoms with Gasteiger partial charge in [-0.1, -0.05) is 17.7 Å². The molecule has 2 aliphatic rings. The van der Waals surface area contributed by atoms with Gasteiger partial charge in [-0.05, 0) is 55.8 Å². The minimum absolute atomic E-state index is 0.0801. The molecule has 132 valence electrons. The molecule has 0 spiro atoms. The van der Waals surface area contributed by atoms with Gasteiger partial charge in [-0.3, -0.25) is 0 Å². The maximum absolute atomic E-state index is 12.6. The Morgan fingerprint density at radius 3 is 2.96 bits per heavy atom. The number of benzene rings is 2. The normalized spacial score (nSPS) is 22.0. The number of hydrogen-bond donors (Lipinski definition) is 1. The number of piperidine rings is 1. The van der Waals surface area contributed by atoms with Gasteiger partial charge in [0.25, 0.3) is 0 Å². The summed E-state index contributed by atoms with van der Waals surface area (Å²) in [5.41, 5.74) is 1.49. The summed E-state index contributed by atoms with van der Waals surface area (Å²) in [6.45, 7) is 3.39. The van der Waals surface area contributed by atoms with Gasteiger partial charge in [-0.15, -0.1) is 0 Å². The highest BCUT2D eigenvalue weighted by Gasteiger charge is 2.36. The first-order valence-corrected chi connectivity index (χ1v) is 9.95. The van der Waals surface area contributed by atoms with Crippen molar-refractivity contribution in [2.45, 2.75) is 30.3 Å². The highest BCUT2D eigenvalue weighted by atomic mass is 35.5. The Bertz CT molecular complexity index is 929. The standard InChI is InChI=1S/C18H18ClNO4S/c1-11-15(19)3-2-4-18(11)25(21,22)24-12-5-6-16-14(9-12)13-7-8-20-10-17(13)23-16/h2-6,9,13,17,20H,7-8,10H2,1H3. The van der Waals surface area contributed by atoms with E-state index in [-0.39, 0.29) is 16.9 Å². The Morgan fingerprint density at radius 2 is 2.12 bits per heavy atom. The second-order valence-corrected chi connectivity index (χ2v) is 8.28. The zero-order valence-corrected chi connectivity index (χ0v) is 15.2. The van der Waals surface area contributed by atoms with Crippen molar-refractivity contribution < 1.29 is 17.3 Å².